The fourth-order valence-corrected chi connectivity index (χ4v) is 11.6. The first-order valence-electron chi connectivity index (χ1n) is 14.2. The monoisotopic (exact) mass is 488 g/mol. The van der Waals surface area contributed by atoms with Crippen molar-refractivity contribution < 1.29 is 28.8 Å². The summed E-state index contributed by atoms with van der Waals surface area (Å²) in [4.78, 5) is 12.4. The zero-order valence-corrected chi connectivity index (χ0v) is 22.6. The first-order chi connectivity index (χ1) is 16.1. The Morgan fingerprint density at radius 2 is 1.60 bits per heavy atom. The lowest BCUT2D eigenvalue weighted by Crippen LogP contribution is -2.59. The molecule has 1 N–H and O–H groups in total. The third-order valence-electron chi connectivity index (χ3n) is 12.8. The normalized spacial score (nSPS) is 63.9. The van der Waals surface area contributed by atoms with Crippen molar-refractivity contribution in [3.05, 3.63) is 0 Å². The Morgan fingerprint density at radius 1 is 0.886 bits per heavy atom. The molecule has 0 unspecified atom stereocenters. The Morgan fingerprint density at radius 3 is 2.29 bits per heavy atom. The molecule has 6 heteroatoms. The van der Waals surface area contributed by atoms with Crippen LogP contribution in [0.3, 0.4) is 0 Å². The lowest BCUT2D eigenvalue weighted by molar-refractivity contribution is -0.305. The molecule has 12 atom stereocenters. The minimum Gasteiger partial charge on any atom is -0.433 e. The van der Waals surface area contributed by atoms with Crippen LogP contribution in [0.15, 0.2) is 0 Å². The quantitative estimate of drug-likeness (QED) is 0.486. The molecule has 0 aromatic rings. The minimum absolute atomic E-state index is 0.0180. The minimum atomic E-state index is -0.947. The zero-order chi connectivity index (χ0) is 25.0. The van der Waals surface area contributed by atoms with Gasteiger partial charge in [0, 0.05) is 25.2 Å². The van der Waals surface area contributed by atoms with Gasteiger partial charge in [0.2, 0.25) is 5.79 Å². The van der Waals surface area contributed by atoms with Gasteiger partial charge in [-0.25, -0.2) is 0 Å². The molecule has 2 bridgehead atoms. The summed E-state index contributed by atoms with van der Waals surface area (Å²) in [6, 6.07) is 0. The van der Waals surface area contributed by atoms with Crippen LogP contribution in [0.4, 0.5) is 0 Å². The fraction of sp³-hybridized carbons (Fsp3) is 0.966. The topological polar surface area (TPSA) is 74.2 Å². The van der Waals surface area contributed by atoms with E-state index in [2.05, 4.69) is 34.6 Å². The molecule has 3 aliphatic carbocycles. The number of hydrogen-bond donors (Lipinski definition) is 1. The summed E-state index contributed by atoms with van der Waals surface area (Å²) in [7, 11) is 0. The summed E-state index contributed by atoms with van der Waals surface area (Å²) in [5, 5.41) is 12.1. The molecule has 2 spiro atoms. The SMILES string of the molecule is C[C@@H]1C[C@]2(C[C@@H](C)[C@H]3[C@@H](C[C@@]4(C)[C@@H]5CC[C@H]6C(C)(C)O[C@@]7(C)O[C@]5(CC[C@]34C)C[C@@]67O)O2)OC1=O. The van der Waals surface area contributed by atoms with Gasteiger partial charge in [0.1, 0.15) is 5.60 Å². The second-order valence-corrected chi connectivity index (χ2v) is 14.9. The van der Waals surface area contributed by atoms with Gasteiger partial charge < -0.3 is 24.1 Å². The number of carbonyl (C=O) groups excluding carboxylic acids is 1. The number of esters is 1. The van der Waals surface area contributed by atoms with Gasteiger partial charge in [0.05, 0.1) is 23.2 Å². The van der Waals surface area contributed by atoms with E-state index in [1.807, 2.05) is 13.8 Å². The Kier molecular flexibility index (Phi) is 4.22. The van der Waals surface area contributed by atoms with E-state index in [1.165, 1.54) is 0 Å². The molecule has 0 aromatic carbocycles. The molecule has 35 heavy (non-hydrogen) atoms. The Labute approximate surface area is 209 Å². The Hall–Kier alpha value is -0.690. The maximum absolute atomic E-state index is 12.4. The average Bonchev–Trinajstić information content (AvgIpc) is 3.20. The van der Waals surface area contributed by atoms with Crippen molar-refractivity contribution in [1.82, 2.24) is 0 Å². The summed E-state index contributed by atoms with van der Waals surface area (Å²) < 4.78 is 26.3. The van der Waals surface area contributed by atoms with Crippen molar-refractivity contribution in [3.8, 4) is 0 Å². The molecule has 0 radical (unpaired) electrons. The van der Waals surface area contributed by atoms with Crippen LogP contribution in [0.2, 0.25) is 0 Å². The largest absolute Gasteiger partial charge is 0.433 e. The van der Waals surface area contributed by atoms with E-state index >= 15 is 0 Å². The molecule has 0 amide bonds. The maximum atomic E-state index is 12.4. The first kappa shape index (κ1) is 23.4. The third kappa shape index (κ3) is 2.50. The van der Waals surface area contributed by atoms with Crippen molar-refractivity contribution in [3.63, 3.8) is 0 Å². The molecule has 4 heterocycles. The van der Waals surface area contributed by atoms with E-state index in [0.29, 0.717) is 30.6 Å². The van der Waals surface area contributed by atoms with Crippen LogP contribution in [0.1, 0.15) is 99.8 Å². The van der Waals surface area contributed by atoms with Crippen molar-refractivity contribution in [1.29, 1.82) is 0 Å². The van der Waals surface area contributed by atoms with E-state index in [0.717, 1.165) is 38.5 Å². The van der Waals surface area contributed by atoms with Crippen LogP contribution in [0.25, 0.3) is 0 Å². The molecule has 196 valence electrons. The van der Waals surface area contributed by atoms with Crippen molar-refractivity contribution >= 4 is 5.97 Å². The molecular weight excluding hydrogens is 444 g/mol. The van der Waals surface area contributed by atoms with E-state index < -0.39 is 22.8 Å². The molecule has 6 nitrogen and oxygen atoms in total. The van der Waals surface area contributed by atoms with Crippen LogP contribution < -0.4 is 0 Å². The van der Waals surface area contributed by atoms with Crippen LogP contribution in [-0.4, -0.2) is 45.6 Å². The highest BCUT2D eigenvalue weighted by Crippen LogP contribution is 2.77. The number of carbonyl (C=O) groups is 1. The van der Waals surface area contributed by atoms with Crippen molar-refractivity contribution in [2.75, 3.05) is 0 Å². The Bertz CT molecular complexity index is 996. The van der Waals surface area contributed by atoms with Gasteiger partial charge in [-0.3, -0.25) is 4.79 Å². The second kappa shape index (κ2) is 6.30. The second-order valence-electron chi connectivity index (χ2n) is 14.9. The van der Waals surface area contributed by atoms with Crippen LogP contribution in [0.5, 0.6) is 0 Å². The number of hydrogen-bond acceptors (Lipinski definition) is 6. The predicted octanol–water partition coefficient (Wildman–Crippen LogP) is 4.96. The third-order valence-corrected chi connectivity index (χ3v) is 12.8. The summed E-state index contributed by atoms with van der Waals surface area (Å²) in [5.74, 6) is -0.624. The molecule has 7 aliphatic rings. The van der Waals surface area contributed by atoms with Crippen LogP contribution in [-0.2, 0) is 23.7 Å². The van der Waals surface area contributed by atoms with E-state index in [9.17, 15) is 9.90 Å². The summed E-state index contributed by atoms with van der Waals surface area (Å²) in [6.07, 6.45) is 7.23. The van der Waals surface area contributed by atoms with Gasteiger partial charge in [-0.1, -0.05) is 27.7 Å². The molecular formula is C29H44O6. The lowest BCUT2D eigenvalue weighted by atomic mass is 9.46. The van der Waals surface area contributed by atoms with E-state index in [1.54, 1.807) is 0 Å². The molecule has 0 aromatic heterocycles. The van der Waals surface area contributed by atoms with E-state index in [-0.39, 0.29) is 40.3 Å². The molecule has 3 saturated carbocycles. The van der Waals surface area contributed by atoms with E-state index in [4.69, 9.17) is 18.9 Å². The van der Waals surface area contributed by atoms with Gasteiger partial charge in [0.25, 0.3) is 0 Å². The summed E-state index contributed by atoms with van der Waals surface area (Å²) in [5.41, 5.74) is -1.56. The van der Waals surface area contributed by atoms with Gasteiger partial charge in [-0.05, 0) is 81.5 Å². The van der Waals surface area contributed by atoms with Gasteiger partial charge in [-0.15, -0.1) is 0 Å². The van der Waals surface area contributed by atoms with Crippen LogP contribution >= 0.6 is 0 Å². The summed E-state index contributed by atoms with van der Waals surface area (Å²) in [6.45, 7) is 15.6. The van der Waals surface area contributed by atoms with Gasteiger partial charge >= 0.3 is 5.97 Å². The Balaban J connectivity index is 1.28. The number of ether oxygens (including phenoxy) is 4. The highest BCUT2D eigenvalue weighted by atomic mass is 16.7. The van der Waals surface area contributed by atoms with Crippen molar-refractivity contribution in [2.45, 2.75) is 134 Å². The van der Waals surface area contributed by atoms with Gasteiger partial charge in [-0.2, -0.15) is 0 Å². The van der Waals surface area contributed by atoms with Gasteiger partial charge in [0.15, 0.2) is 5.79 Å². The fourth-order valence-electron chi connectivity index (χ4n) is 11.6. The molecule has 4 saturated heterocycles. The first-order valence-corrected chi connectivity index (χ1v) is 14.2. The zero-order valence-electron chi connectivity index (χ0n) is 22.6. The number of rotatable bonds is 0. The van der Waals surface area contributed by atoms with Crippen LogP contribution in [0, 0.1) is 40.4 Å². The standard InChI is InChI=1S/C29H44O6/c1-16-12-28(13-17(2)22(30)33-28)32-18-14-25(6)20-9-8-19-23(3,4)34-26(7)29(19,31)15-27(20,35-26)11-10-24(25,5)21(16)18/h16-21,31H,8-15H2,1-7H3/t16-,17-,18-,19+,20+,21+,24-,25+,26+,27-,28+,29-/m1/s1. The van der Waals surface area contributed by atoms with Crippen molar-refractivity contribution in [2.24, 2.45) is 40.4 Å². The number of aliphatic hydroxyl groups is 1. The molecule has 4 aliphatic heterocycles. The molecule has 7 rings (SSSR count). The lowest BCUT2D eigenvalue weighted by Gasteiger charge is -2.60. The predicted molar refractivity (Wildman–Crippen MR) is 128 cm³/mol. The number of fused-ring (bicyclic) bond motifs is 4. The maximum Gasteiger partial charge on any atom is 0.311 e. The highest BCUT2D eigenvalue weighted by Gasteiger charge is 2.81. The molecule has 7 fully saturated rings. The smallest absolute Gasteiger partial charge is 0.311 e. The highest BCUT2D eigenvalue weighted by molar-refractivity contribution is 5.74. The summed E-state index contributed by atoms with van der Waals surface area (Å²) >= 11 is 0. The average molecular weight is 489 g/mol.